The largest absolute Gasteiger partial charge is 0.448 e. The molecule has 0 aliphatic carbocycles. The van der Waals surface area contributed by atoms with E-state index in [0.29, 0.717) is 18.7 Å². The highest BCUT2D eigenvalue weighted by molar-refractivity contribution is 5.69. The van der Waals surface area contributed by atoms with E-state index in [1.165, 1.54) is 23.1 Å². The van der Waals surface area contributed by atoms with Crippen LogP contribution in [0.5, 0.6) is 0 Å². The van der Waals surface area contributed by atoms with Crippen molar-refractivity contribution in [3.63, 3.8) is 0 Å². The Bertz CT molecular complexity index is 397. The highest BCUT2D eigenvalue weighted by Crippen LogP contribution is 2.17. The molecule has 0 aromatic heterocycles. The number of amides is 1. The highest BCUT2D eigenvalue weighted by atomic mass is 19.1. The molecule has 0 saturated carbocycles. The zero-order valence-electron chi connectivity index (χ0n) is 8.60. The number of ether oxygens (including phenoxy) is 1. The third-order valence-electron chi connectivity index (χ3n) is 2.47. The van der Waals surface area contributed by atoms with Gasteiger partial charge in [0.15, 0.2) is 0 Å². The Morgan fingerprint density at radius 1 is 1.56 bits per heavy atom. The molecule has 1 saturated heterocycles. The summed E-state index contributed by atoms with van der Waals surface area (Å²) in [7, 11) is 0. The number of β-amino-alcohol motifs (C(OH)–C–C–N with tert-alkyl or cyclic N) is 1. The van der Waals surface area contributed by atoms with Crippen molar-refractivity contribution in [2.75, 3.05) is 19.7 Å². The first kappa shape index (κ1) is 10.9. The molecule has 1 fully saturated rings. The predicted molar refractivity (Wildman–Crippen MR) is 54.3 cm³/mol. The lowest BCUT2D eigenvalue weighted by Crippen LogP contribution is -2.29. The van der Waals surface area contributed by atoms with Gasteiger partial charge < -0.3 is 14.7 Å². The SMILES string of the molecule is O=C1OCCN1CC(O)c1cccc(F)c1. The van der Waals surface area contributed by atoms with E-state index in [0.717, 1.165) is 0 Å². The van der Waals surface area contributed by atoms with Gasteiger partial charge in [0.1, 0.15) is 12.4 Å². The van der Waals surface area contributed by atoms with E-state index in [4.69, 9.17) is 4.74 Å². The standard InChI is InChI=1S/C11H12FNO3/c12-9-3-1-2-8(6-9)10(14)7-13-4-5-16-11(13)15/h1-3,6,10,14H,4-5,7H2. The van der Waals surface area contributed by atoms with Crippen LogP contribution in [0.1, 0.15) is 11.7 Å². The quantitative estimate of drug-likeness (QED) is 0.843. The zero-order valence-corrected chi connectivity index (χ0v) is 8.60. The number of aliphatic hydroxyl groups is 1. The van der Waals surface area contributed by atoms with E-state index >= 15 is 0 Å². The van der Waals surface area contributed by atoms with Crippen LogP contribution in [0.3, 0.4) is 0 Å². The number of hydrogen-bond donors (Lipinski definition) is 1. The Morgan fingerprint density at radius 3 is 3.00 bits per heavy atom. The maximum absolute atomic E-state index is 12.9. The maximum Gasteiger partial charge on any atom is 0.410 e. The molecule has 0 bridgehead atoms. The zero-order chi connectivity index (χ0) is 11.5. The lowest BCUT2D eigenvalue weighted by Gasteiger charge is -2.17. The lowest BCUT2D eigenvalue weighted by atomic mass is 10.1. The van der Waals surface area contributed by atoms with E-state index in [-0.39, 0.29) is 6.54 Å². The van der Waals surface area contributed by atoms with Crippen LogP contribution < -0.4 is 0 Å². The van der Waals surface area contributed by atoms with Gasteiger partial charge in [-0.1, -0.05) is 12.1 Å². The first-order valence-electron chi connectivity index (χ1n) is 5.02. The minimum atomic E-state index is -0.888. The number of carbonyl (C=O) groups is 1. The summed E-state index contributed by atoms with van der Waals surface area (Å²) in [6.07, 6.45) is -1.32. The molecule has 1 aliphatic heterocycles. The topological polar surface area (TPSA) is 49.8 Å². The summed E-state index contributed by atoms with van der Waals surface area (Å²) in [6.45, 7) is 0.933. The fourth-order valence-corrected chi connectivity index (χ4v) is 1.62. The number of nitrogens with zero attached hydrogens (tertiary/aromatic N) is 1. The van der Waals surface area contributed by atoms with Gasteiger partial charge in [0, 0.05) is 0 Å². The number of rotatable bonds is 3. The van der Waals surface area contributed by atoms with E-state index in [2.05, 4.69) is 0 Å². The van der Waals surface area contributed by atoms with Crippen molar-refractivity contribution in [3.05, 3.63) is 35.6 Å². The highest BCUT2D eigenvalue weighted by Gasteiger charge is 2.24. The molecule has 16 heavy (non-hydrogen) atoms. The number of carbonyl (C=O) groups excluding carboxylic acids is 1. The molecule has 1 amide bonds. The monoisotopic (exact) mass is 225 g/mol. The number of benzene rings is 1. The fourth-order valence-electron chi connectivity index (χ4n) is 1.62. The third-order valence-corrected chi connectivity index (χ3v) is 2.47. The molecule has 1 unspecified atom stereocenters. The van der Waals surface area contributed by atoms with Crippen LogP contribution in [-0.2, 0) is 4.74 Å². The van der Waals surface area contributed by atoms with Crippen LogP contribution in [0, 0.1) is 5.82 Å². The summed E-state index contributed by atoms with van der Waals surface area (Å²) in [5.74, 6) is -0.402. The van der Waals surface area contributed by atoms with Crippen molar-refractivity contribution in [2.45, 2.75) is 6.10 Å². The molecule has 1 atom stereocenters. The number of halogens is 1. The van der Waals surface area contributed by atoms with E-state index in [9.17, 15) is 14.3 Å². The van der Waals surface area contributed by atoms with Crippen molar-refractivity contribution in [1.82, 2.24) is 4.90 Å². The van der Waals surface area contributed by atoms with Gasteiger partial charge in [-0.05, 0) is 17.7 Å². The first-order chi connectivity index (χ1) is 7.66. The Hall–Kier alpha value is -1.62. The van der Waals surface area contributed by atoms with Crippen molar-refractivity contribution < 1.29 is 19.0 Å². The van der Waals surface area contributed by atoms with Gasteiger partial charge in [0.05, 0.1) is 19.2 Å². The smallest absolute Gasteiger partial charge is 0.410 e. The molecule has 4 nitrogen and oxygen atoms in total. The summed E-state index contributed by atoms with van der Waals surface area (Å²) in [5, 5.41) is 9.81. The molecular weight excluding hydrogens is 213 g/mol. The van der Waals surface area contributed by atoms with Crippen LogP contribution in [0.15, 0.2) is 24.3 Å². The van der Waals surface area contributed by atoms with Gasteiger partial charge in [0.2, 0.25) is 0 Å². The molecule has 0 radical (unpaired) electrons. The van der Waals surface area contributed by atoms with Gasteiger partial charge in [-0.25, -0.2) is 9.18 Å². The molecule has 0 spiro atoms. The van der Waals surface area contributed by atoms with Crippen LogP contribution in [0.2, 0.25) is 0 Å². The van der Waals surface area contributed by atoms with Crippen molar-refractivity contribution in [2.24, 2.45) is 0 Å². The summed E-state index contributed by atoms with van der Waals surface area (Å²) in [6, 6.07) is 5.71. The van der Waals surface area contributed by atoms with E-state index in [1.807, 2.05) is 0 Å². The third kappa shape index (κ3) is 2.30. The molecular formula is C11H12FNO3. The molecule has 1 aromatic carbocycles. The van der Waals surface area contributed by atoms with Crippen molar-refractivity contribution >= 4 is 6.09 Å². The van der Waals surface area contributed by atoms with Crippen LogP contribution in [-0.4, -0.2) is 35.8 Å². The van der Waals surface area contributed by atoms with Gasteiger partial charge in [-0.2, -0.15) is 0 Å². The summed E-state index contributed by atoms with van der Waals surface area (Å²) < 4.78 is 17.6. The van der Waals surface area contributed by atoms with Gasteiger partial charge in [-0.15, -0.1) is 0 Å². The summed E-state index contributed by atoms with van der Waals surface area (Å²) in [5.41, 5.74) is 0.458. The fraction of sp³-hybridized carbons (Fsp3) is 0.364. The molecule has 5 heteroatoms. The Labute approximate surface area is 92.2 Å². The number of hydrogen-bond acceptors (Lipinski definition) is 3. The average molecular weight is 225 g/mol. The second-order valence-corrected chi connectivity index (χ2v) is 3.63. The minimum Gasteiger partial charge on any atom is -0.448 e. The van der Waals surface area contributed by atoms with Gasteiger partial charge in [-0.3, -0.25) is 0 Å². The Kier molecular flexibility index (Phi) is 3.05. The van der Waals surface area contributed by atoms with Crippen LogP contribution in [0.4, 0.5) is 9.18 Å². The average Bonchev–Trinajstić information content (AvgIpc) is 2.64. The second kappa shape index (κ2) is 4.49. The number of aliphatic hydroxyl groups excluding tert-OH is 1. The normalized spacial score (nSPS) is 17.4. The van der Waals surface area contributed by atoms with Crippen LogP contribution >= 0.6 is 0 Å². The van der Waals surface area contributed by atoms with E-state index < -0.39 is 18.0 Å². The summed E-state index contributed by atoms with van der Waals surface area (Å²) >= 11 is 0. The first-order valence-corrected chi connectivity index (χ1v) is 5.02. The minimum absolute atomic E-state index is 0.127. The van der Waals surface area contributed by atoms with Crippen molar-refractivity contribution in [3.8, 4) is 0 Å². The van der Waals surface area contributed by atoms with Gasteiger partial charge >= 0.3 is 6.09 Å². The van der Waals surface area contributed by atoms with Gasteiger partial charge in [0.25, 0.3) is 0 Å². The molecule has 1 aliphatic rings. The van der Waals surface area contributed by atoms with Crippen LogP contribution in [0.25, 0.3) is 0 Å². The maximum atomic E-state index is 12.9. The predicted octanol–water partition coefficient (Wildman–Crippen LogP) is 1.31. The molecule has 86 valence electrons. The second-order valence-electron chi connectivity index (χ2n) is 3.63. The molecule has 1 heterocycles. The summed E-state index contributed by atoms with van der Waals surface area (Å²) in [4.78, 5) is 12.5. The molecule has 1 aromatic rings. The van der Waals surface area contributed by atoms with Crippen molar-refractivity contribution in [1.29, 1.82) is 0 Å². The molecule has 1 N–H and O–H groups in total. The van der Waals surface area contributed by atoms with E-state index in [1.54, 1.807) is 6.07 Å². The number of cyclic esters (lactones) is 1. The Balaban J connectivity index is 2.02. The molecule has 2 rings (SSSR count). The Morgan fingerprint density at radius 2 is 2.38 bits per heavy atom. The lowest BCUT2D eigenvalue weighted by molar-refractivity contribution is 0.118.